The zero-order valence-electron chi connectivity index (χ0n) is 9.69. The number of aryl methyl sites for hydroxylation is 1. The zero-order chi connectivity index (χ0) is 11.2. The molecule has 16 heavy (non-hydrogen) atoms. The van der Waals surface area contributed by atoms with E-state index < -0.39 is 0 Å². The highest BCUT2D eigenvalue weighted by Gasteiger charge is 2.03. The van der Waals surface area contributed by atoms with Crippen molar-refractivity contribution >= 4 is 0 Å². The number of aromatic nitrogens is 1. The summed E-state index contributed by atoms with van der Waals surface area (Å²) in [6, 6.07) is 12.8. The Hall–Kier alpha value is -1.63. The Labute approximate surface area is 97.2 Å². The van der Waals surface area contributed by atoms with Crippen LogP contribution in [0.3, 0.4) is 0 Å². The average Bonchev–Trinajstić information content (AvgIpc) is 2.38. The number of rotatable bonds is 4. The van der Waals surface area contributed by atoms with Crippen molar-refractivity contribution in [3.63, 3.8) is 0 Å². The van der Waals surface area contributed by atoms with Crippen LogP contribution in [0.5, 0.6) is 0 Å². The number of benzene rings is 1. The van der Waals surface area contributed by atoms with Gasteiger partial charge in [0.25, 0.3) is 0 Å². The molecule has 0 saturated heterocycles. The summed E-state index contributed by atoms with van der Waals surface area (Å²) in [5.74, 6) is 0. The third-order valence-electron chi connectivity index (χ3n) is 2.81. The molecule has 1 aromatic heterocycles. The highest BCUT2D eigenvalue weighted by Crippen LogP contribution is 2.24. The molecule has 2 aromatic rings. The summed E-state index contributed by atoms with van der Waals surface area (Å²) in [5, 5.41) is 0. The monoisotopic (exact) mass is 211 g/mol. The molecule has 0 N–H and O–H groups in total. The van der Waals surface area contributed by atoms with Gasteiger partial charge in [0.2, 0.25) is 0 Å². The first kappa shape index (κ1) is 10.9. The summed E-state index contributed by atoms with van der Waals surface area (Å²) in [6.45, 7) is 2.23. The van der Waals surface area contributed by atoms with Crippen LogP contribution in [0.2, 0.25) is 0 Å². The molecule has 0 bridgehead atoms. The Morgan fingerprint density at radius 2 is 1.75 bits per heavy atom. The van der Waals surface area contributed by atoms with Crippen LogP contribution in [0.4, 0.5) is 0 Å². The van der Waals surface area contributed by atoms with E-state index in [4.69, 9.17) is 0 Å². The van der Waals surface area contributed by atoms with Gasteiger partial charge in [-0.15, -0.1) is 0 Å². The van der Waals surface area contributed by atoms with Gasteiger partial charge in [0.15, 0.2) is 0 Å². The van der Waals surface area contributed by atoms with Gasteiger partial charge in [0.05, 0.1) is 0 Å². The highest BCUT2D eigenvalue weighted by atomic mass is 14.6. The fourth-order valence-corrected chi connectivity index (χ4v) is 1.92. The van der Waals surface area contributed by atoms with Crippen LogP contribution in [-0.4, -0.2) is 4.98 Å². The molecule has 1 heterocycles. The summed E-state index contributed by atoms with van der Waals surface area (Å²) >= 11 is 0. The zero-order valence-corrected chi connectivity index (χ0v) is 9.69. The first-order valence-electron chi connectivity index (χ1n) is 5.90. The minimum Gasteiger partial charge on any atom is -0.265 e. The van der Waals surface area contributed by atoms with Gasteiger partial charge in [0.1, 0.15) is 0 Å². The quantitative estimate of drug-likeness (QED) is 0.742. The van der Waals surface area contributed by atoms with Crippen molar-refractivity contribution in [3.8, 4) is 11.1 Å². The van der Waals surface area contributed by atoms with Gasteiger partial charge in [0, 0.05) is 12.4 Å². The lowest BCUT2D eigenvalue weighted by molar-refractivity contribution is 0.796. The minimum absolute atomic E-state index is 1.16. The molecule has 0 fully saturated rings. The molecule has 0 spiro atoms. The van der Waals surface area contributed by atoms with Gasteiger partial charge < -0.3 is 0 Å². The van der Waals surface area contributed by atoms with Gasteiger partial charge in [-0.05, 0) is 41.7 Å². The third-order valence-corrected chi connectivity index (χ3v) is 2.81. The fraction of sp³-hybridized carbons (Fsp3) is 0.267. The van der Waals surface area contributed by atoms with E-state index in [9.17, 15) is 0 Å². The predicted molar refractivity (Wildman–Crippen MR) is 68.3 cm³/mol. The summed E-state index contributed by atoms with van der Waals surface area (Å²) in [4.78, 5) is 4.06. The van der Waals surface area contributed by atoms with Crippen LogP contribution in [0.1, 0.15) is 25.3 Å². The van der Waals surface area contributed by atoms with Crippen molar-refractivity contribution in [1.82, 2.24) is 4.98 Å². The van der Waals surface area contributed by atoms with E-state index in [0.29, 0.717) is 0 Å². The van der Waals surface area contributed by atoms with E-state index in [2.05, 4.69) is 48.3 Å². The predicted octanol–water partition coefficient (Wildman–Crippen LogP) is 4.09. The maximum atomic E-state index is 4.06. The van der Waals surface area contributed by atoms with E-state index in [1.807, 2.05) is 12.4 Å². The molecule has 0 aliphatic carbocycles. The highest BCUT2D eigenvalue weighted by molar-refractivity contribution is 5.66. The van der Waals surface area contributed by atoms with E-state index in [-0.39, 0.29) is 0 Å². The van der Waals surface area contributed by atoms with Crippen molar-refractivity contribution in [1.29, 1.82) is 0 Å². The molecule has 1 nitrogen and oxygen atoms in total. The lowest BCUT2D eigenvalue weighted by atomic mass is 9.97. The molecule has 0 aliphatic heterocycles. The Bertz CT molecular complexity index is 434. The normalized spacial score (nSPS) is 10.3. The molecule has 2 rings (SSSR count). The average molecular weight is 211 g/mol. The van der Waals surface area contributed by atoms with E-state index in [0.717, 1.165) is 6.42 Å². The Morgan fingerprint density at radius 3 is 2.50 bits per heavy atom. The second-order valence-electron chi connectivity index (χ2n) is 4.00. The molecule has 82 valence electrons. The van der Waals surface area contributed by atoms with Crippen LogP contribution >= 0.6 is 0 Å². The first-order chi connectivity index (χ1) is 7.92. The van der Waals surface area contributed by atoms with Crippen molar-refractivity contribution in [2.24, 2.45) is 0 Å². The molecular weight excluding hydrogens is 194 g/mol. The van der Waals surface area contributed by atoms with Crippen molar-refractivity contribution in [2.45, 2.75) is 26.2 Å². The topological polar surface area (TPSA) is 12.9 Å². The fourth-order valence-electron chi connectivity index (χ4n) is 1.92. The standard InChI is InChI=1S/C15H17N/c1-2-3-6-13-7-4-5-8-15(13)14-9-11-16-12-10-14/h4-5,7-12H,2-3,6H2,1H3. The van der Waals surface area contributed by atoms with Crippen LogP contribution in [0.15, 0.2) is 48.8 Å². The number of unbranched alkanes of at least 4 members (excludes halogenated alkanes) is 1. The number of pyridine rings is 1. The second-order valence-corrected chi connectivity index (χ2v) is 4.00. The Morgan fingerprint density at radius 1 is 1.00 bits per heavy atom. The molecule has 0 radical (unpaired) electrons. The Balaban J connectivity index is 2.33. The summed E-state index contributed by atoms with van der Waals surface area (Å²) in [7, 11) is 0. The number of hydrogen-bond acceptors (Lipinski definition) is 1. The molecule has 0 unspecified atom stereocenters. The van der Waals surface area contributed by atoms with Crippen molar-refractivity contribution in [3.05, 3.63) is 54.4 Å². The van der Waals surface area contributed by atoms with Crippen molar-refractivity contribution < 1.29 is 0 Å². The molecule has 0 amide bonds. The van der Waals surface area contributed by atoms with Gasteiger partial charge in [-0.2, -0.15) is 0 Å². The lowest BCUT2D eigenvalue weighted by Crippen LogP contribution is -1.89. The van der Waals surface area contributed by atoms with Gasteiger partial charge in [-0.25, -0.2) is 0 Å². The maximum Gasteiger partial charge on any atom is 0.0273 e. The van der Waals surface area contributed by atoms with Crippen LogP contribution < -0.4 is 0 Å². The molecular formula is C15H17N. The largest absolute Gasteiger partial charge is 0.265 e. The lowest BCUT2D eigenvalue weighted by Gasteiger charge is -2.08. The minimum atomic E-state index is 1.16. The summed E-state index contributed by atoms with van der Waals surface area (Å²) < 4.78 is 0. The molecule has 0 atom stereocenters. The molecule has 1 heteroatoms. The first-order valence-corrected chi connectivity index (χ1v) is 5.90. The third kappa shape index (κ3) is 2.48. The summed E-state index contributed by atoms with van der Waals surface area (Å²) in [6.07, 6.45) is 7.36. The SMILES string of the molecule is CCCCc1ccccc1-c1ccncc1. The van der Waals surface area contributed by atoms with Gasteiger partial charge >= 0.3 is 0 Å². The van der Waals surface area contributed by atoms with Crippen molar-refractivity contribution in [2.75, 3.05) is 0 Å². The van der Waals surface area contributed by atoms with E-state index >= 15 is 0 Å². The Kier molecular flexibility index (Phi) is 3.71. The van der Waals surface area contributed by atoms with Crippen LogP contribution in [0.25, 0.3) is 11.1 Å². The molecule has 0 saturated carbocycles. The van der Waals surface area contributed by atoms with Crippen LogP contribution in [0, 0.1) is 0 Å². The van der Waals surface area contributed by atoms with Gasteiger partial charge in [-0.1, -0.05) is 37.6 Å². The van der Waals surface area contributed by atoms with Gasteiger partial charge in [-0.3, -0.25) is 4.98 Å². The number of nitrogens with zero attached hydrogens (tertiary/aromatic N) is 1. The van der Waals surface area contributed by atoms with E-state index in [1.54, 1.807) is 0 Å². The second kappa shape index (κ2) is 5.45. The number of hydrogen-bond donors (Lipinski definition) is 0. The maximum absolute atomic E-state index is 4.06. The smallest absolute Gasteiger partial charge is 0.0273 e. The van der Waals surface area contributed by atoms with E-state index in [1.165, 1.54) is 29.5 Å². The molecule has 0 aliphatic rings. The summed E-state index contributed by atoms with van der Waals surface area (Å²) in [5.41, 5.74) is 4.05. The van der Waals surface area contributed by atoms with Crippen LogP contribution in [-0.2, 0) is 6.42 Å². The molecule has 1 aromatic carbocycles.